The van der Waals surface area contributed by atoms with Crippen LogP contribution in [0.1, 0.15) is 10.4 Å². The molecule has 2 N–H and O–H groups in total. The highest BCUT2D eigenvalue weighted by atomic mass is 35.5. The standard InChI is InChI=1S/C10H12ClNO3/c1-14-10(13)7-2-3-8(12)9(6-7)15-5-4-11/h2-3,6H,4-5,12H2,1H3. The van der Waals surface area contributed by atoms with Crippen LogP contribution < -0.4 is 10.5 Å². The summed E-state index contributed by atoms with van der Waals surface area (Å²) in [7, 11) is 1.32. The van der Waals surface area contributed by atoms with E-state index < -0.39 is 5.97 Å². The Bertz CT molecular complexity index is 355. The van der Waals surface area contributed by atoms with E-state index in [0.717, 1.165) is 0 Å². The molecule has 0 amide bonds. The van der Waals surface area contributed by atoms with E-state index in [1.54, 1.807) is 12.1 Å². The largest absolute Gasteiger partial charge is 0.490 e. The highest BCUT2D eigenvalue weighted by molar-refractivity contribution is 6.18. The molecule has 15 heavy (non-hydrogen) atoms. The fourth-order valence-electron chi connectivity index (χ4n) is 1.05. The summed E-state index contributed by atoms with van der Waals surface area (Å²) in [5.74, 6) is 0.381. The van der Waals surface area contributed by atoms with E-state index in [2.05, 4.69) is 4.74 Å². The first-order valence-electron chi connectivity index (χ1n) is 4.35. The van der Waals surface area contributed by atoms with Crippen molar-refractivity contribution in [2.45, 2.75) is 0 Å². The van der Waals surface area contributed by atoms with Gasteiger partial charge in [-0.25, -0.2) is 4.79 Å². The van der Waals surface area contributed by atoms with Crippen LogP contribution in [-0.2, 0) is 4.74 Å². The normalized spacial score (nSPS) is 9.73. The quantitative estimate of drug-likeness (QED) is 0.485. The Morgan fingerprint density at radius 2 is 2.27 bits per heavy atom. The van der Waals surface area contributed by atoms with Gasteiger partial charge in [0.1, 0.15) is 12.4 Å². The molecule has 0 atom stereocenters. The molecule has 1 aromatic carbocycles. The number of anilines is 1. The molecule has 0 aliphatic carbocycles. The Balaban J connectivity index is 2.89. The number of ether oxygens (including phenoxy) is 2. The maximum atomic E-state index is 11.2. The van der Waals surface area contributed by atoms with Crippen molar-refractivity contribution >= 4 is 23.3 Å². The Kier molecular flexibility index (Phi) is 4.24. The highest BCUT2D eigenvalue weighted by Gasteiger charge is 2.08. The first-order chi connectivity index (χ1) is 7.19. The Morgan fingerprint density at radius 3 is 2.87 bits per heavy atom. The van der Waals surface area contributed by atoms with Crippen LogP contribution in [0, 0.1) is 0 Å². The minimum absolute atomic E-state index is 0.344. The second kappa shape index (κ2) is 5.46. The third kappa shape index (κ3) is 3.02. The molecule has 0 aliphatic rings. The third-order valence-corrected chi connectivity index (χ3v) is 1.92. The van der Waals surface area contributed by atoms with Gasteiger partial charge in [-0.1, -0.05) is 0 Å². The van der Waals surface area contributed by atoms with Crippen LogP contribution in [0.3, 0.4) is 0 Å². The number of esters is 1. The lowest BCUT2D eigenvalue weighted by molar-refractivity contribution is 0.0600. The molecular formula is C10H12ClNO3. The number of hydrogen-bond acceptors (Lipinski definition) is 4. The van der Waals surface area contributed by atoms with Crippen LogP contribution in [-0.4, -0.2) is 25.6 Å². The molecule has 0 bridgehead atoms. The number of methoxy groups -OCH3 is 1. The van der Waals surface area contributed by atoms with Crippen molar-refractivity contribution in [1.29, 1.82) is 0 Å². The highest BCUT2D eigenvalue weighted by Crippen LogP contribution is 2.23. The van der Waals surface area contributed by atoms with Crippen molar-refractivity contribution in [3.05, 3.63) is 23.8 Å². The van der Waals surface area contributed by atoms with Crippen LogP contribution in [0.25, 0.3) is 0 Å². The number of carbonyl (C=O) groups is 1. The number of alkyl halides is 1. The van der Waals surface area contributed by atoms with Crippen LogP contribution in [0.2, 0.25) is 0 Å². The van der Waals surface area contributed by atoms with Crippen LogP contribution in [0.4, 0.5) is 5.69 Å². The lowest BCUT2D eigenvalue weighted by atomic mass is 10.2. The van der Waals surface area contributed by atoms with Gasteiger partial charge in [0.15, 0.2) is 0 Å². The average molecular weight is 230 g/mol. The second-order valence-corrected chi connectivity index (χ2v) is 3.16. The van der Waals surface area contributed by atoms with Crippen molar-refractivity contribution < 1.29 is 14.3 Å². The summed E-state index contributed by atoms with van der Waals surface area (Å²) in [6, 6.07) is 4.71. The first-order valence-corrected chi connectivity index (χ1v) is 4.89. The number of carbonyl (C=O) groups excluding carboxylic acids is 1. The number of nitrogens with two attached hydrogens (primary N) is 1. The van der Waals surface area contributed by atoms with Crippen molar-refractivity contribution in [2.24, 2.45) is 0 Å². The zero-order valence-electron chi connectivity index (χ0n) is 8.33. The molecule has 0 saturated heterocycles. The summed E-state index contributed by atoms with van der Waals surface area (Å²) in [5.41, 5.74) is 6.52. The van der Waals surface area contributed by atoms with Gasteiger partial charge in [0.05, 0.1) is 24.2 Å². The van der Waals surface area contributed by atoms with E-state index in [1.165, 1.54) is 13.2 Å². The minimum Gasteiger partial charge on any atom is -0.490 e. The molecule has 1 aromatic rings. The lowest BCUT2D eigenvalue weighted by Gasteiger charge is -2.08. The van der Waals surface area contributed by atoms with Gasteiger partial charge < -0.3 is 15.2 Å². The fourth-order valence-corrected chi connectivity index (χ4v) is 1.13. The van der Waals surface area contributed by atoms with Gasteiger partial charge in [0.2, 0.25) is 0 Å². The van der Waals surface area contributed by atoms with Crippen LogP contribution >= 0.6 is 11.6 Å². The summed E-state index contributed by atoms with van der Waals surface area (Å²) >= 11 is 5.48. The lowest BCUT2D eigenvalue weighted by Crippen LogP contribution is -2.05. The van der Waals surface area contributed by atoms with Gasteiger partial charge in [-0.15, -0.1) is 11.6 Å². The smallest absolute Gasteiger partial charge is 0.337 e. The van der Waals surface area contributed by atoms with Gasteiger partial charge in [-0.2, -0.15) is 0 Å². The molecule has 0 aliphatic heterocycles. The minimum atomic E-state index is -0.425. The summed E-state index contributed by atoms with van der Waals surface area (Å²) in [4.78, 5) is 11.2. The third-order valence-electron chi connectivity index (χ3n) is 1.77. The monoisotopic (exact) mass is 229 g/mol. The van der Waals surface area contributed by atoms with Gasteiger partial charge in [-0.3, -0.25) is 0 Å². The van der Waals surface area contributed by atoms with E-state index in [4.69, 9.17) is 22.1 Å². The van der Waals surface area contributed by atoms with E-state index >= 15 is 0 Å². The van der Waals surface area contributed by atoms with Crippen LogP contribution in [0.15, 0.2) is 18.2 Å². The van der Waals surface area contributed by atoms with Gasteiger partial charge >= 0.3 is 5.97 Å². The zero-order valence-corrected chi connectivity index (χ0v) is 9.08. The predicted octanol–water partition coefficient (Wildman–Crippen LogP) is 1.67. The fraction of sp³-hybridized carbons (Fsp3) is 0.300. The molecule has 82 valence electrons. The summed E-state index contributed by atoms with van der Waals surface area (Å²) in [6.45, 7) is 0.344. The molecule has 0 spiro atoms. The molecule has 4 nitrogen and oxygen atoms in total. The molecule has 5 heteroatoms. The molecule has 0 unspecified atom stereocenters. The number of hydrogen-bond donors (Lipinski definition) is 1. The molecule has 0 saturated carbocycles. The Morgan fingerprint density at radius 1 is 1.53 bits per heavy atom. The van der Waals surface area contributed by atoms with Crippen molar-refractivity contribution in [3.8, 4) is 5.75 Å². The SMILES string of the molecule is COC(=O)c1ccc(N)c(OCCCl)c1. The average Bonchev–Trinajstić information content (AvgIpc) is 2.27. The summed E-state index contributed by atoms with van der Waals surface area (Å²) in [6.07, 6.45) is 0. The van der Waals surface area contributed by atoms with Crippen LogP contribution in [0.5, 0.6) is 5.75 Å². The predicted molar refractivity (Wildman–Crippen MR) is 58.4 cm³/mol. The zero-order chi connectivity index (χ0) is 11.3. The summed E-state index contributed by atoms with van der Waals surface area (Å²) < 4.78 is 9.83. The Hall–Kier alpha value is -1.42. The molecular weight excluding hydrogens is 218 g/mol. The number of nitrogen functional groups attached to an aromatic ring is 1. The van der Waals surface area contributed by atoms with Crippen molar-refractivity contribution in [2.75, 3.05) is 25.3 Å². The van der Waals surface area contributed by atoms with Gasteiger partial charge in [0, 0.05) is 0 Å². The summed E-state index contributed by atoms with van der Waals surface area (Å²) in [5, 5.41) is 0. The molecule has 0 heterocycles. The first kappa shape index (κ1) is 11.7. The second-order valence-electron chi connectivity index (χ2n) is 2.78. The maximum Gasteiger partial charge on any atom is 0.337 e. The van der Waals surface area contributed by atoms with Gasteiger partial charge in [0.25, 0.3) is 0 Å². The maximum absolute atomic E-state index is 11.2. The van der Waals surface area contributed by atoms with E-state index in [1.807, 2.05) is 0 Å². The topological polar surface area (TPSA) is 61.5 Å². The number of benzene rings is 1. The number of halogens is 1. The van der Waals surface area contributed by atoms with Gasteiger partial charge in [-0.05, 0) is 18.2 Å². The molecule has 0 radical (unpaired) electrons. The number of rotatable bonds is 4. The van der Waals surface area contributed by atoms with E-state index in [-0.39, 0.29) is 0 Å². The molecule has 0 fully saturated rings. The van der Waals surface area contributed by atoms with Crippen molar-refractivity contribution in [3.63, 3.8) is 0 Å². The van der Waals surface area contributed by atoms with E-state index in [9.17, 15) is 4.79 Å². The van der Waals surface area contributed by atoms with E-state index in [0.29, 0.717) is 29.5 Å². The Labute approximate surface area is 92.9 Å². The molecule has 0 aromatic heterocycles. The van der Waals surface area contributed by atoms with Crippen molar-refractivity contribution in [1.82, 2.24) is 0 Å². The molecule has 1 rings (SSSR count).